The summed E-state index contributed by atoms with van der Waals surface area (Å²) in [6.07, 6.45) is 0.302. The molecule has 0 aliphatic rings. The zero-order valence-electron chi connectivity index (χ0n) is 15.3. The second-order valence-corrected chi connectivity index (χ2v) is 7.18. The highest BCUT2D eigenvalue weighted by Gasteiger charge is 2.16. The lowest BCUT2D eigenvalue weighted by molar-refractivity contribution is -0.115. The standard InChI is InChI=1S/C19H18ClN3O4S/c1-25-13-5-8-15(16(11-13)26-2)18-22-23-19(27-18)21-17(24)9-10-28-14-6-3-12(20)4-7-14/h3-8,11H,9-10H2,1-2H3,(H,21,23,24). The lowest BCUT2D eigenvalue weighted by Crippen LogP contribution is -2.12. The van der Waals surface area contributed by atoms with Gasteiger partial charge in [-0.05, 0) is 36.4 Å². The third kappa shape index (κ3) is 5.17. The molecule has 0 fully saturated rings. The molecule has 0 atom stereocenters. The van der Waals surface area contributed by atoms with Gasteiger partial charge in [0.2, 0.25) is 5.91 Å². The number of thioether (sulfide) groups is 1. The van der Waals surface area contributed by atoms with Gasteiger partial charge in [0.1, 0.15) is 11.5 Å². The number of carbonyl (C=O) groups is 1. The highest BCUT2D eigenvalue weighted by Crippen LogP contribution is 2.33. The molecule has 0 radical (unpaired) electrons. The van der Waals surface area contributed by atoms with Crippen LogP contribution in [0, 0.1) is 0 Å². The number of carbonyl (C=O) groups excluding carboxylic acids is 1. The van der Waals surface area contributed by atoms with Crippen LogP contribution in [0.25, 0.3) is 11.5 Å². The van der Waals surface area contributed by atoms with Crippen molar-refractivity contribution in [1.29, 1.82) is 0 Å². The quantitative estimate of drug-likeness (QED) is 0.537. The van der Waals surface area contributed by atoms with Gasteiger partial charge in [-0.3, -0.25) is 10.1 Å². The van der Waals surface area contributed by atoms with Crippen LogP contribution >= 0.6 is 23.4 Å². The molecule has 0 saturated heterocycles. The van der Waals surface area contributed by atoms with Crippen molar-refractivity contribution in [2.75, 3.05) is 25.3 Å². The van der Waals surface area contributed by atoms with E-state index in [0.29, 0.717) is 34.3 Å². The van der Waals surface area contributed by atoms with E-state index in [1.165, 1.54) is 7.11 Å². The first-order chi connectivity index (χ1) is 13.6. The van der Waals surface area contributed by atoms with Crippen molar-refractivity contribution in [2.24, 2.45) is 0 Å². The summed E-state index contributed by atoms with van der Waals surface area (Å²) in [5.41, 5.74) is 0.606. The van der Waals surface area contributed by atoms with E-state index in [2.05, 4.69) is 15.5 Å². The Balaban J connectivity index is 1.57. The minimum Gasteiger partial charge on any atom is -0.497 e. The fourth-order valence-corrected chi connectivity index (χ4v) is 3.31. The molecular weight excluding hydrogens is 402 g/mol. The van der Waals surface area contributed by atoms with Crippen molar-refractivity contribution in [3.8, 4) is 23.0 Å². The molecule has 2 aromatic carbocycles. The fourth-order valence-electron chi connectivity index (χ4n) is 2.33. The molecule has 3 rings (SSSR count). The maximum Gasteiger partial charge on any atom is 0.322 e. The van der Waals surface area contributed by atoms with Gasteiger partial charge < -0.3 is 13.9 Å². The molecular formula is C19H18ClN3O4S. The predicted molar refractivity (Wildman–Crippen MR) is 108 cm³/mol. The van der Waals surface area contributed by atoms with Crippen LogP contribution in [0.15, 0.2) is 51.8 Å². The number of halogens is 1. The van der Waals surface area contributed by atoms with E-state index in [-0.39, 0.29) is 17.8 Å². The van der Waals surface area contributed by atoms with Crippen molar-refractivity contribution in [3.63, 3.8) is 0 Å². The molecule has 28 heavy (non-hydrogen) atoms. The molecule has 1 N–H and O–H groups in total. The molecule has 146 valence electrons. The van der Waals surface area contributed by atoms with Crippen molar-refractivity contribution >= 4 is 35.3 Å². The van der Waals surface area contributed by atoms with Gasteiger partial charge in [0.15, 0.2) is 0 Å². The molecule has 0 aliphatic heterocycles. The van der Waals surface area contributed by atoms with Crippen LogP contribution in [0.4, 0.5) is 6.01 Å². The smallest absolute Gasteiger partial charge is 0.322 e. The minimum absolute atomic E-state index is 0.0364. The Morgan fingerprint density at radius 1 is 1.14 bits per heavy atom. The molecule has 1 heterocycles. The molecule has 0 bridgehead atoms. The van der Waals surface area contributed by atoms with Crippen LogP contribution in [-0.4, -0.2) is 36.1 Å². The predicted octanol–water partition coefficient (Wildman–Crippen LogP) is 4.53. The van der Waals surface area contributed by atoms with E-state index in [1.807, 2.05) is 24.3 Å². The van der Waals surface area contributed by atoms with Gasteiger partial charge >= 0.3 is 6.01 Å². The van der Waals surface area contributed by atoms with Crippen molar-refractivity contribution in [3.05, 3.63) is 47.5 Å². The van der Waals surface area contributed by atoms with Crippen LogP contribution in [0.5, 0.6) is 11.5 Å². The first kappa shape index (κ1) is 20.0. The zero-order chi connectivity index (χ0) is 19.9. The summed E-state index contributed by atoms with van der Waals surface area (Å²) in [4.78, 5) is 13.1. The lowest BCUT2D eigenvalue weighted by atomic mass is 10.2. The number of rotatable bonds is 8. The van der Waals surface area contributed by atoms with E-state index in [0.717, 1.165) is 4.90 Å². The molecule has 7 nitrogen and oxygen atoms in total. The number of aromatic nitrogens is 2. The zero-order valence-corrected chi connectivity index (χ0v) is 16.8. The van der Waals surface area contributed by atoms with Crippen molar-refractivity contribution in [1.82, 2.24) is 10.2 Å². The van der Waals surface area contributed by atoms with E-state index in [4.69, 9.17) is 25.5 Å². The summed E-state index contributed by atoms with van der Waals surface area (Å²) in [7, 11) is 3.11. The average molecular weight is 420 g/mol. The number of methoxy groups -OCH3 is 2. The van der Waals surface area contributed by atoms with Crippen LogP contribution in [0.3, 0.4) is 0 Å². The summed E-state index contributed by atoms with van der Waals surface area (Å²) in [6.45, 7) is 0. The number of benzene rings is 2. The largest absolute Gasteiger partial charge is 0.497 e. The maximum atomic E-state index is 12.1. The topological polar surface area (TPSA) is 86.5 Å². The van der Waals surface area contributed by atoms with Crippen LogP contribution < -0.4 is 14.8 Å². The summed E-state index contributed by atoms with van der Waals surface area (Å²) in [5.74, 6) is 1.82. The van der Waals surface area contributed by atoms with Gasteiger partial charge in [-0.1, -0.05) is 16.7 Å². The molecule has 0 aliphatic carbocycles. The first-order valence-electron chi connectivity index (χ1n) is 8.33. The Labute approximate surface area is 171 Å². The minimum atomic E-state index is -0.210. The van der Waals surface area contributed by atoms with Crippen molar-refractivity contribution in [2.45, 2.75) is 11.3 Å². The van der Waals surface area contributed by atoms with Gasteiger partial charge in [0, 0.05) is 28.2 Å². The van der Waals surface area contributed by atoms with E-state index in [9.17, 15) is 4.79 Å². The number of ether oxygens (including phenoxy) is 2. The molecule has 0 spiro atoms. The molecule has 3 aromatic rings. The number of anilines is 1. The van der Waals surface area contributed by atoms with Crippen LogP contribution in [-0.2, 0) is 4.79 Å². The van der Waals surface area contributed by atoms with Crippen LogP contribution in [0.1, 0.15) is 6.42 Å². The van der Waals surface area contributed by atoms with Gasteiger partial charge in [-0.2, -0.15) is 0 Å². The molecule has 9 heteroatoms. The second-order valence-electron chi connectivity index (χ2n) is 5.58. The summed E-state index contributed by atoms with van der Waals surface area (Å²) >= 11 is 7.42. The van der Waals surface area contributed by atoms with Gasteiger partial charge in [0.25, 0.3) is 5.89 Å². The average Bonchev–Trinajstić information content (AvgIpc) is 3.17. The Hall–Kier alpha value is -2.71. The van der Waals surface area contributed by atoms with Gasteiger partial charge in [-0.15, -0.1) is 16.9 Å². The third-order valence-corrected chi connectivity index (χ3v) is 4.99. The monoisotopic (exact) mass is 419 g/mol. The van der Waals surface area contributed by atoms with E-state index < -0.39 is 0 Å². The summed E-state index contributed by atoms with van der Waals surface area (Å²) in [5, 5.41) is 11.1. The highest BCUT2D eigenvalue weighted by atomic mass is 35.5. The first-order valence-corrected chi connectivity index (χ1v) is 9.69. The van der Waals surface area contributed by atoms with E-state index >= 15 is 0 Å². The SMILES string of the molecule is COc1ccc(-c2nnc(NC(=O)CCSc3ccc(Cl)cc3)o2)c(OC)c1. The number of nitrogens with zero attached hydrogens (tertiary/aromatic N) is 2. The third-order valence-electron chi connectivity index (χ3n) is 3.72. The number of hydrogen-bond acceptors (Lipinski definition) is 7. The summed E-state index contributed by atoms with van der Waals surface area (Å²) < 4.78 is 16.0. The maximum absolute atomic E-state index is 12.1. The Morgan fingerprint density at radius 2 is 1.93 bits per heavy atom. The Morgan fingerprint density at radius 3 is 2.64 bits per heavy atom. The fraction of sp³-hybridized carbons (Fsp3) is 0.211. The van der Waals surface area contributed by atoms with Gasteiger partial charge in [-0.25, -0.2) is 0 Å². The lowest BCUT2D eigenvalue weighted by Gasteiger charge is -2.07. The number of nitrogens with one attached hydrogen (secondary N) is 1. The molecule has 0 saturated carbocycles. The number of amides is 1. The van der Waals surface area contributed by atoms with Gasteiger partial charge in [0.05, 0.1) is 19.8 Å². The number of hydrogen-bond donors (Lipinski definition) is 1. The molecule has 1 aromatic heterocycles. The highest BCUT2D eigenvalue weighted by molar-refractivity contribution is 7.99. The molecule has 1 amide bonds. The van der Waals surface area contributed by atoms with Crippen molar-refractivity contribution < 1.29 is 18.7 Å². The van der Waals surface area contributed by atoms with Crippen LogP contribution in [0.2, 0.25) is 5.02 Å². The summed E-state index contributed by atoms with van der Waals surface area (Å²) in [6, 6.07) is 12.7. The Bertz CT molecular complexity index is 947. The normalized spacial score (nSPS) is 10.5. The Kier molecular flexibility index (Phi) is 6.78. The molecule has 0 unspecified atom stereocenters. The second kappa shape index (κ2) is 9.48. The van der Waals surface area contributed by atoms with E-state index in [1.54, 1.807) is 37.1 Å².